The second kappa shape index (κ2) is 5.50. The summed E-state index contributed by atoms with van der Waals surface area (Å²) in [5.74, 6) is -0.0653. The molecule has 0 atom stereocenters. The van der Waals surface area contributed by atoms with Crippen LogP contribution in [0.2, 0.25) is 0 Å². The molecule has 0 spiro atoms. The van der Waals surface area contributed by atoms with Crippen molar-refractivity contribution in [3.8, 4) is 0 Å². The molecule has 2 heterocycles. The van der Waals surface area contributed by atoms with Gasteiger partial charge in [-0.3, -0.25) is 9.78 Å². The number of nitrogen functional groups attached to an aromatic ring is 1. The summed E-state index contributed by atoms with van der Waals surface area (Å²) < 4.78 is 0. The first-order valence-corrected chi connectivity index (χ1v) is 7.37. The predicted molar refractivity (Wildman–Crippen MR) is 80.8 cm³/mol. The summed E-state index contributed by atoms with van der Waals surface area (Å²) in [5, 5.41) is 7.11. The van der Waals surface area contributed by atoms with Crippen molar-refractivity contribution in [1.82, 2.24) is 10.3 Å². The first kappa shape index (κ1) is 12.9. The Bertz CT molecular complexity index is 607. The highest BCUT2D eigenvalue weighted by Gasteiger charge is 2.25. The molecule has 1 aliphatic rings. The fourth-order valence-electron chi connectivity index (χ4n) is 1.84. The molecule has 1 amide bonds. The Hall–Kier alpha value is -2.08. The van der Waals surface area contributed by atoms with E-state index >= 15 is 0 Å². The van der Waals surface area contributed by atoms with Crippen molar-refractivity contribution in [1.29, 1.82) is 0 Å². The van der Waals surface area contributed by atoms with Crippen LogP contribution in [-0.4, -0.2) is 16.9 Å². The van der Waals surface area contributed by atoms with Gasteiger partial charge in [0.05, 0.1) is 10.7 Å². The zero-order chi connectivity index (χ0) is 13.9. The third-order valence-corrected chi connectivity index (χ3v) is 4.18. The number of hydrogen-bond donors (Lipinski definition) is 3. The molecule has 6 heteroatoms. The number of carbonyl (C=O) groups excluding carboxylic acids is 1. The molecule has 4 N–H and O–H groups in total. The van der Waals surface area contributed by atoms with Crippen LogP contribution in [0.5, 0.6) is 0 Å². The number of hydrogen-bond acceptors (Lipinski definition) is 5. The summed E-state index contributed by atoms with van der Waals surface area (Å²) in [5.41, 5.74) is 7.52. The van der Waals surface area contributed by atoms with Gasteiger partial charge in [0.25, 0.3) is 5.91 Å². The van der Waals surface area contributed by atoms with Crippen LogP contribution in [0.4, 0.5) is 10.7 Å². The minimum absolute atomic E-state index is 0.0653. The Morgan fingerprint density at radius 3 is 3.05 bits per heavy atom. The highest BCUT2D eigenvalue weighted by atomic mass is 32.1. The van der Waals surface area contributed by atoms with Crippen molar-refractivity contribution in [2.45, 2.75) is 25.4 Å². The minimum atomic E-state index is -0.0653. The Labute approximate surface area is 121 Å². The molecular weight excluding hydrogens is 272 g/mol. The van der Waals surface area contributed by atoms with Crippen LogP contribution in [-0.2, 0) is 6.54 Å². The lowest BCUT2D eigenvalue weighted by molar-refractivity contribution is 0.0956. The van der Waals surface area contributed by atoms with Gasteiger partial charge in [-0.25, -0.2) is 0 Å². The molecule has 0 aromatic carbocycles. The van der Waals surface area contributed by atoms with Crippen molar-refractivity contribution in [3.63, 3.8) is 0 Å². The minimum Gasteiger partial charge on any atom is -0.397 e. The normalized spacial score (nSPS) is 14.0. The van der Waals surface area contributed by atoms with E-state index in [4.69, 9.17) is 5.73 Å². The summed E-state index contributed by atoms with van der Waals surface area (Å²) in [6.07, 6.45) is 5.70. The highest BCUT2D eigenvalue weighted by molar-refractivity contribution is 7.18. The third kappa shape index (κ3) is 3.08. The summed E-state index contributed by atoms with van der Waals surface area (Å²) in [6.45, 7) is 0.664. The van der Waals surface area contributed by atoms with Gasteiger partial charge in [-0.05, 0) is 30.5 Å². The molecule has 20 heavy (non-hydrogen) atoms. The number of rotatable bonds is 5. The molecule has 104 valence electrons. The van der Waals surface area contributed by atoms with Gasteiger partial charge < -0.3 is 16.4 Å². The molecule has 0 radical (unpaired) electrons. The van der Waals surface area contributed by atoms with E-state index in [-0.39, 0.29) is 5.91 Å². The second-order valence-electron chi connectivity index (χ2n) is 4.86. The van der Waals surface area contributed by atoms with E-state index in [9.17, 15) is 4.79 Å². The van der Waals surface area contributed by atoms with Gasteiger partial charge in [-0.15, -0.1) is 11.3 Å². The van der Waals surface area contributed by atoms with Crippen LogP contribution < -0.4 is 16.4 Å². The lowest BCUT2D eigenvalue weighted by Crippen LogP contribution is -2.25. The Morgan fingerprint density at radius 2 is 2.35 bits per heavy atom. The molecule has 1 saturated carbocycles. The molecule has 2 aromatic heterocycles. The quantitative estimate of drug-likeness (QED) is 0.788. The maximum atomic E-state index is 12.0. The molecule has 2 aromatic rings. The summed E-state index contributed by atoms with van der Waals surface area (Å²) in [7, 11) is 0. The van der Waals surface area contributed by atoms with E-state index in [1.807, 2.05) is 24.4 Å². The third-order valence-electron chi connectivity index (χ3n) is 3.07. The van der Waals surface area contributed by atoms with Gasteiger partial charge in [0.1, 0.15) is 4.88 Å². The number of nitrogens with one attached hydrogen (secondary N) is 2. The summed E-state index contributed by atoms with van der Waals surface area (Å²) >= 11 is 1.39. The number of anilines is 2. The van der Waals surface area contributed by atoms with Gasteiger partial charge in [-0.2, -0.15) is 0 Å². The Kier molecular flexibility index (Phi) is 3.56. The fraction of sp³-hybridized carbons (Fsp3) is 0.286. The van der Waals surface area contributed by atoms with E-state index < -0.39 is 0 Å². The number of thiophene rings is 1. The maximum Gasteiger partial charge on any atom is 0.263 e. The van der Waals surface area contributed by atoms with E-state index in [1.165, 1.54) is 11.3 Å². The van der Waals surface area contributed by atoms with Crippen molar-refractivity contribution >= 4 is 27.9 Å². The van der Waals surface area contributed by atoms with Crippen molar-refractivity contribution in [3.05, 3.63) is 41.0 Å². The van der Waals surface area contributed by atoms with Crippen LogP contribution in [0, 0.1) is 0 Å². The van der Waals surface area contributed by atoms with Crippen molar-refractivity contribution in [2.24, 2.45) is 0 Å². The van der Waals surface area contributed by atoms with E-state index in [0.29, 0.717) is 23.2 Å². The van der Waals surface area contributed by atoms with E-state index in [0.717, 1.165) is 23.4 Å². The van der Waals surface area contributed by atoms with Gasteiger partial charge in [0.2, 0.25) is 0 Å². The topological polar surface area (TPSA) is 80.0 Å². The number of nitrogens with zero attached hydrogens (tertiary/aromatic N) is 1. The average Bonchev–Trinajstić information content (AvgIpc) is 3.18. The van der Waals surface area contributed by atoms with Crippen LogP contribution in [0.3, 0.4) is 0 Å². The van der Waals surface area contributed by atoms with Crippen LogP contribution in [0.15, 0.2) is 30.6 Å². The first-order valence-electron chi connectivity index (χ1n) is 6.55. The van der Waals surface area contributed by atoms with Gasteiger partial charge in [0, 0.05) is 25.0 Å². The Balaban J connectivity index is 1.64. The summed E-state index contributed by atoms with van der Waals surface area (Å²) in [4.78, 5) is 16.6. The van der Waals surface area contributed by atoms with Gasteiger partial charge >= 0.3 is 0 Å². The number of nitrogens with two attached hydrogens (primary N) is 1. The molecule has 0 unspecified atom stereocenters. The van der Waals surface area contributed by atoms with Crippen molar-refractivity contribution < 1.29 is 4.79 Å². The molecule has 0 saturated heterocycles. The number of aromatic nitrogens is 1. The average molecular weight is 288 g/mol. The molecule has 3 rings (SSSR count). The number of carbonyl (C=O) groups is 1. The monoisotopic (exact) mass is 288 g/mol. The van der Waals surface area contributed by atoms with Crippen LogP contribution >= 0.6 is 11.3 Å². The first-order chi connectivity index (χ1) is 9.72. The molecular formula is C14H16N4OS. The lowest BCUT2D eigenvalue weighted by atomic mass is 10.3. The molecule has 0 aliphatic heterocycles. The SMILES string of the molecule is Nc1cc(NCc2cccnc2)sc1C(=O)NC1CC1. The van der Waals surface area contributed by atoms with Gasteiger partial charge in [-0.1, -0.05) is 6.07 Å². The standard InChI is InChI=1S/C14H16N4OS/c15-11-6-12(17-8-9-2-1-5-16-7-9)20-13(11)14(19)18-10-3-4-10/h1-2,5-7,10,17H,3-4,8,15H2,(H,18,19). The van der Waals surface area contributed by atoms with E-state index in [1.54, 1.807) is 6.20 Å². The Morgan fingerprint density at radius 1 is 1.50 bits per heavy atom. The van der Waals surface area contributed by atoms with E-state index in [2.05, 4.69) is 15.6 Å². The zero-order valence-electron chi connectivity index (χ0n) is 10.9. The molecule has 1 fully saturated rings. The molecule has 1 aliphatic carbocycles. The van der Waals surface area contributed by atoms with Gasteiger partial charge in [0.15, 0.2) is 0 Å². The number of pyridine rings is 1. The lowest BCUT2D eigenvalue weighted by Gasteiger charge is -2.02. The second-order valence-corrected chi connectivity index (χ2v) is 5.91. The number of amides is 1. The predicted octanol–water partition coefficient (Wildman–Crippen LogP) is 2.23. The maximum absolute atomic E-state index is 12.0. The molecule has 5 nitrogen and oxygen atoms in total. The fourth-order valence-corrected chi connectivity index (χ4v) is 2.72. The molecule has 0 bridgehead atoms. The largest absolute Gasteiger partial charge is 0.397 e. The zero-order valence-corrected chi connectivity index (χ0v) is 11.7. The summed E-state index contributed by atoms with van der Waals surface area (Å²) in [6, 6.07) is 6.05. The van der Waals surface area contributed by atoms with Crippen LogP contribution in [0.1, 0.15) is 28.1 Å². The smallest absolute Gasteiger partial charge is 0.263 e. The highest BCUT2D eigenvalue weighted by Crippen LogP contribution is 2.30. The van der Waals surface area contributed by atoms with Crippen LogP contribution in [0.25, 0.3) is 0 Å². The van der Waals surface area contributed by atoms with Crippen molar-refractivity contribution in [2.75, 3.05) is 11.1 Å².